The first kappa shape index (κ1) is 8.69. The van der Waals surface area contributed by atoms with E-state index in [0.717, 1.165) is 18.8 Å². The molecule has 0 amide bonds. The molecule has 0 saturated heterocycles. The fourth-order valence-electron chi connectivity index (χ4n) is 1.71. The van der Waals surface area contributed by atoms with Crippen molar-refractivity contribution >= 4 is 18.0 Å². The SMILES string of the molecule is CC(C)c1[nH]c(=S)nc2c1CCN2. The number of hydrogen-bond acceptors (Lipinski definition) is 3. The third-order valence-electron chi connectivity index (χ3n) is 2.31. The van der Waals surface area contributed by atoms with E-state index in [2.05, 4.69) is 29.1 Å². The molecule has 1 aliphatic rings. The Morgan fingerprint density at radius 2 is 2.23 bits per heavy atom. The minimum atomic E-state index is 0.485. The van der Waals surface area contributed by atoms with Gasteiger partial charge in [-0.15, -0.1) is 0 Å². The van der Waals surface area contributed by atoms with Gasteiger partial charge in [0.15, 0.2) is 4.77 Å². The van der Waals surface area contributed by atoms with Crippen LogP contribution in [-0.4, -0.2) is 16.5 Å². The van der Waals surface area contributed by atoms with Crippen molar-refractivity contribution < 1.29 is 0 Å². The van der Waals surface area contributed by atoms with Crippen LogP contribution in [0.2, 0.25) is 0 Å². The molecule has 0 unspecified atom stereocenters. The van der Waals surface area contributed by atoms with Crippen LogP contribution in [0.5, 0.6) is 0 Å². The summed E-state index contributed by atoms with van der Waals surface area (Å²) in [5, 5.41) is 3.24. The molecule has 2 rings (SSSR count). The molecule has 1 aromatic heterocycles. The Hall–Kier alpha value is -0.900. The lowest BCUT2D eigenvalue weighted by Crippen LogP contribution is -2.00. The van der Waals surface area contributed by atoms with Crippen LogP contribution >= 0.6 is 12.2 Å². The van der Waals surface area contributed by atoms with Crippen molar-refractivity contribution in [2.24, 2.45) is 0 Å². The molecular formula is C9H13N3S. The number of aromatic nitrogens is 2. The van der Waals surface area contributed by atoms with Crippen molar-refractivity contribution in [3.8, 4) is 0 Å². The minimum absolute atomic E-state index is 0.485. The number of anilines is 1. The molecule has 2 N–H and O–H groups in total. The van der Waals surface area contributed by atoms with Crippen molar-refractivity contribution in [1.29, 1.82) is 0 Å². The second-order valence-corrected chi connectivity index (χ2v) is 4.00. The molecule has 0 spiro atoms. The summed E-state index contributed by atoms with van der Waals surface area (Å²) < 4.78 is 0.580. The molecule has 0 bridgehead atoms. The molecule has 2 heterocycles. The number of nitrogens with zero attached hydrogens (tertiary/aromatic N) is 1. The lowest BCUT2D eigenvalue weighted by atomic mass is 10.0. The number of hydrogen-bond donors (Lipinski definition) is 2. The number of nitrogens with one attached hydrogen (secondary N) is 2. The second-order valence-electron chi connectivity index (χ2n) is 3.61. The van der Waals surface area contributed by atoms with Gasteiger partial charge in [0.2, 0.25) is 0 Å². The highest BCUT2D eigenvalue weighted by Crippen LogP contribution is 2.26. The maximum atomic E-state index is 5.05. The summed E-state index contributed by atoms with van der Waals surface area (Å²) in [5.41, 5.74) is 2.55. The first-order valence-electron chi connectivity index (χ1n) is 4.55. The average Bonchev–Trinajstić information content (AvgIpc) is 2.49. The highest BCUT2D eigenvalue weighted by atomic mass is 32.1. The highest BCUT2D eigenvalue weighted by molar-refractivity contribution is 7.71. The monoisotopic (exact) mass is 195 g/mol. The fraction of sp³-hybridized carbons (Fsp3) is 0.556. The van der Waals surface area contributed by atoms with Crippen molar-refractivity contribution in [2.75, 3.05) is 11.9 Å². The standard InChI is InChI=1S/C9H13N3S/c1-5(2)7-6-3-4-10-8(6)12-9(13)11-7/h5H,3-4H2,1-2H3,(H2,10,11,12,13). The molecule has 13 heavy (non-hydrogen) atoms. The molecule has 0 aliphatic carbocycles. The second kappa shape index (κ2) is 3.10. The van der Waals surface area contributed by atoms with E-state index < -0.39 is 0 Å². The molecular weight excluding hydrogens is 182 g/mol. The number of H-pyrrole nitrogens is 1. The van der Waals surface area contributed by atoms with Crippen LogP contribution in [-0.2, 0) is 6.42 Å². The van der Waals surface area contributed by atoms with Crippen molar-refractivity contribution in [2.45, 2.75) is 26.2 Å². The van der Waals surface area contributed by atoms with Crippen molar-refractivity contribution in [1.82, 2.24) is 9.97 Å². The summed E-state index contributed by atoms with van der Waals surface area (Å²) >= 11 is 5.05. The van der Waals surface area contributed by atoms with Gasteiger partial charge in [0.25, 0.3) is 0 Å². The number of rotatable bonds is 1. The van der Waals surface area contributed by atoms with E-state index in [0.29, 0.717) is 10.7 Å². The predicted octanol–water partition coefficient (Wildman–Crippen LogP) is 2.23. The lowest BCUT2D eigenvalue weighted by Gasteiger charge is -2.09. The zero-order valence-electron chi connectivity index (χ0n) is 7.85. The Bertz CT molecular complexity index is 381. The third kappa shape index (κ3) is 1.46. The molecule has 0 atom stereocenters. The average molecular weight is 195 g/mol. The Labute approximate surface area is 82.6 Å². The molecule has 4 heteroatoms. The largest absolute Gasteiger partial charge is 0.369 e. The summed E-state index contributed by atoms with van der Waals surface area (Å²) in [6, 6.07) is 0. The number of fused-ring (bicyclic) bond motifs is 1. The van der Waals surface area contributed by atoms with Gasteiger partial charge in [-0.25, -0.2) is 4.98 Å². The fourth-order valence-corrected chi connectivity index (χ4v) is 1.91. The van der Waals surface area contributed by atoms with E-state index in [9.17, 15) is 0 Å². The van der Waals surface area contributed by atoms with Crippen LogP contribution in [0, 0.1) is 4.77 Å². The Morgan fingerprint density at radius 3 is 2.92 bits per heavy atom. The van der Waals surface area contributed by atoms with E-state index in [1.807, 2.05) is 0 Å². The zero-order chi connectivity index (χ0) is 9.42. The smallest absolute Gasteiger partial charge is 0.198 e. The maximum absolute atomic E-state index is 5.05. The van der Waals surface area contributed by atoms with Gasteiger partial charge in [-0.3, -0.25) is 0 Å². The first-order chi connectivity index (χ1) is 6.18. The van der Waals surface area contributed by atoms with E-state index in [4.69, 9.17) is 12.2 Å². The maximum Gasteiger partial charge on any atom is 0.198 e. The van der Waals surface area contributed by atoms with E-state index in [1.54, 1.807) is 0 Å². The number of aromatic amines is 1. The van der Waals surface area contributed by atoms with Crippen molar-refractivity contribution in [3.05, 3.63) is 16.0 Å². The van der Waals surface area contributed by atoms with E-state index in [1.165, 1.54) is 11.3 Å². The topological polar surface area (TPSA) is 40.7 Å². The Morgan fingerprint density at radius 1 is 1.46 bits per heavy atom. The van der Waals surface area contributed by atoms with Crippen LogP contribution < -0.4 is 5.32 Å². The molecule has 0 fully saturated rings. The normalized spacial score (nSPS) is 14.4. The molecule has 0 aromatic carbocycles. The van der Waals surface area contributed by atoms with Gasteiger partial charge in [0, 0.05) is 17.8 Å². The van der Waals surface area contributed by atoms with Crippen LogP contribution in [0.25, 0.3) is 0 Å². The van der Waals surface area contributed by atoms with Gasteiger partial charge in [0.05, 0.1) is 0 Å². The Kier molecular flexibility index (Phi) is 2.07. The summed E-state index contributed by atoms with van der Waals surface area (Å²) in [6.45, 7) is 5.31. The molecule has 3 nitrogen and oxygen atoms in total. The zero-order valence-corrected chi connectivity index (χ0v) is 8.66. The lowest BCUT2D eigenvalue weighted by molar-refractivity contribution is 0.794. The van der Waals surface area contributed by atoms with Crippen LogP contribution in [0.4, 0.5) is 5.82 Å². The van der Waals surface area contributed by atoms with Crippen LogP contribution in [0.3, 0.4) is 0 Å². The van der Waals surface area contributed by atoms with Gasteiger partial charge in [0.1, 0.15) is 5.82 Å². The molecule has 70 valence electrons. The van der Waals surface area contributed by atoms with Crippen LogP contribution in [0.1, 0.15) is 31.0 Å². The van der Waals surface area contributed by atoms with Gasteiger partial charge in [-0.05, 0) is 24.6 Å². The molecule has 0 radical (unpaired) electrons. The summed E-state index contributed by atoms with van der Waals surface area (Å²) in [4.78, 5) is 7.42. The van der Waals surface area contributed by atoms with Crippen LogP contribution in [0.15, 0.2) is 0 Å². The predicted molar refractivity (Wildman–Crippen MR) is 55.7 cm³/mol. The molecule has 1 aromatic rings. The Balaban J connectivity index is 2.62. The van der Waals surface area contributed by atoms with Gasteiger partial charge < -0.3 is 10.3 Å². The summed E-state index contributed by atoms with van der Waals surface area (Å²) in [7, 11) is 0. The quantitative estimate of drug-likeness (QED) is 0.675. The van der Waals surface area contributed by atoms with Gasteiger partial charge in [-0.2, -0.15) is 0 Å². The van der Waals surface area contributed by atoms with Gasteiger partial charge in [-0.1, -0.05) is 13.8 Å². The van der Waals surface area contributed by atoms with E-state index >= 15 is 0 Å². The molecule has 1 aliphatic heterocycles. The van der Waals surface area contributed by atoms with E-state index in [-0.39, 0.29) is 0 Å². The van der Waals surface area contributed by atoms with Gasteiger partial charge >= 0.3 is 0 Å². The summed E-state index contributed by atoms with van der Waals surface area (Å²) in [5.74, 6) is 1.46. The molecule has 0 saturated carbocycles. The minimum Gasteiger partial charge on any atom is -0.369 e. The first-order valence-corrected chi connectivity index (χ1v) is 4.96. The summed E-state index contributed by atoms with van der Waals surface area (Å²) in [6.07, 6.45) is 1.06. The highest BCUT2D eigenvalue weighted by Gasteiger charge is 2.17. The third-order valence-corrected chi connectivity index (χ3v) is 2.50. The van der Waals surface area contributed by atoms with Crippen molar-refractivity contribution in [3.63, 3.8) is 0 Å².